The quantitative estimate of drug-likeness (QED) is 0.526. The Morgan fingerprint density at radius 2 is 1.48 bits per heavy atom. The van der Waals surface area contributed by atoms with Crippen LogP contribution in [0.1, 0.15) is 10.4 Å². The number of halogens is 2. The maximum absolute atomic E-state index is 12.3. The fraction of sp³-hybridized carbons (Fsp3) is 0.118. The van der Waals surface area contributed by atoms with E-state index in [1.165, 1.54) is 0 Å². The van der Waals surface area contributed by atoms with Gasteiger partial charge in [0.15, 0.2) is 6.61 Å². The summed E-state index contributed by atoms with van der Waals surface area (Å²) in [5.41, 5.74) is 0.337. The van der Waals surface area contributed by atoms with Crippen molar-refractivity contribution in [3.8, 4) is 0 Å². The standard InChI is InChI=1S/C17H12F2O2/c18-15(19)10-21-17(20)16-13-7-3-1-5-11(13)9-12-6-2-4-8-14(12)16/h1-9,15H,10H2. The van der Waals surface area contributed by atoms with Crippen LogP contribution in [-0.4, -0.2) is 19.0 Å². The van der Waals surface area contributed by atoms with E-state index in [0.717, 1.165) is 10.8 Å². The molecule has 4 heteroatoms. The molecule has 0 saturated heterocycles. The summed E-state index contributed by atoms with van der Waals surface area (Å²) in [6.07, 6.45) is -2.67. The molecule has 0 spiro atoms. The van der Waals surface area contributed by atoms with Gasteiger partial charge in [-0.2, -0.15) is 0 Å². The van der Waals surface area contributed by atoms with E-state index in [9.17, 15) is 13.6 Å². The number of esters is 1. The highest BCUT2D eigenvalue weighted by molar-refractivity contribution is 6.16. The lowest BCUT2D eigenvalue weighted by molar-refractivity contribution is 0.0163. The van der Waals surface area contributed by atoms with E-state index >= 15 is 0 Å². The predicted octanol–water partition coefficient (Wildman–Crippen LogP) is 4.41. The first kappa shape index (κ1) is 13.5. The van der Waals surface area contributed by atoms with Gasteiger partial charge in [0.05, 0.1) is 5.56 Å². The molecule has 21 heavy (non-hydrogen) atoms. The number of fused-ring (bicyclic) bond motifs is 2. The molecule has 0 heterocycles. The SMILES string of the molecule is O=C(OCC(F)F)c1c2ccccc2cc2ccccc12. The van der Waals surface area contributed by atoms with E-state index in [-0.39, 0.29) is 0 Å². The van der Waals surface area contributed by atoms with Crippen molar-refractivity contribution in [2.75, 3.05) is 6.61 Å². The third-order valence-electron chi connectivity index (χ3n) is 3.32. The molecular formula is C17H12F2O2. The molecule has 0 atom stereocenters. The van der Waals surface area contributed by atoms with Gasteiger partial charge in [-0.25, -0.2) is 13.6 Å². The Balaban J connectivity index is 2.22. The maximum Gasteiger partial charge on any atom is 0.339 e. The Morgan fingerprint density at radius 1 is 0.952 bits per heavy atom. The van der Waals surface area contributed by atoms with E-state index in [2.05, 4.69) is 0 Å². The summed E-state index contributed by atoms with van der Waals surface area (Å²) in [7, 11) is 0. The van der Waals surface area contributed by atoms with Gasteiger partial charge in [0.1, 0.15) is 0 Å². The normalized spacial score (nSPS) is 11.2. The second kappa shape index (κ2) is 5.48. The van der Waals surface area contributed by atoms with Gasteiger partial charge < -0.3 is 4.74 Å². The van der Waals surface area contributed by atoms with Gasteiger partial charge in [0, 0.05) is 0 Å². The average molecular weight is 286 g/mol. The lowest BCUT2D eigenvalue weighted by Gasteiger charge is -2.11. The molecule has 106 valence electrons. The van der Waals surface area contributed by atoms with E-state index < -0.39 is 19.0 Å². The Kier molecular flexibility index (Phi) is 3.52. The summed E-state index contributed by atoms with van der Waals surface area (Å²) in [5.74, 6) is -0.719. The van der Waals surface area contributed by atoms with Gasteiger partial charge in [0.25, 0.3) is 6.43 Å². The molecule has 0 N–H and O–H groups in total. The van der Waals surface area contributed by atoms with Gasteiger partial charge in [-0.3, -0.25) is 0 Å². The molecular weight excluding hydrogens is 274 g/mol. The van der Waals surface area contributed by atoms with Gasteiger partial charge in [-0.15, -0.1) is 0 Å². The van der Waals surface area contributed by atoms with Crippen molar-refractivity contribution < 1.29 is 18.3 Å². The molecule has 0 aliphatic carbocycles. The largest absolute Gasteiger partial charge is 0.456 e. The van der Waals surface area contributed by atoms with Crippen LogP contribution in [0.4, 0.5) is 8.78 Å². The maximum atomic E-state index is 12.3. The summed E-state index contributed by atoms with van der Waals surface area (Å²) in [4.78, 5) is 12.2. The summed E-state index contributed by atoms with van der Waals surface area (Å²) in [5, 5.41) is 3.16. The van der Waals surface area contributed by atoms with Gasteiger partial charge in [-0.05, 0) is 27.6 Å². The minimum absolute atomic E-state index is 0.337. The van der Waals surface area contributed by atoms with Crippen LogP contribution in [0.25, 0.3) is 21.5 Å². The molecule has 2 nitrogen and oxygen atoms in total. The summed E-state index contributed by atoms with van der Waals surface area (Å²) >= 11 is 0. The Morgan fingerprint density at radius 3 is 2.00 bits per heavy atom. The third-order valence-corrected chi connectivity index (χ3v) is 3.32. The first-order valence-electron chi connectivity index (χ1n) is 6.52. The molecule has 0 aliphatic heterocycles. The number of hydrogen-bond acceptors (Lipinski definition) is 2. The van der Waals surface area contributed by atoms with Crippen LogP contribution in [0.2, 0.25) is 0 Å². The molecule has 0 aromatic heterocycles. The van der Waals surface area contributed by atoms with E-state index in [1.807, 2.05) is 30.3 Å². The Bertz CT molecular complexity index is 758. The lowest BCUT2D eigenvalue weighted by atomic mass is 9.97. The average Bonchev–Trinajstić information content (AvgIpc) is 2.50. The summed E-state index contributed by atoms with van der Waals surface area (Å²) in [6, 6.07) is 16.7. The van der Waals surface area contributed by atoms with Crippen LogP contribution in [0, 0.1) is 0 Å². The lowest BCUT2D eigenvalue weighted by Crippen LogP contribution is -2.12. The van der Waals surface area contributed by atoms with Crippen LogP contribution < -0.4 is 0 Å². The third kappa shape index (κ3) is 2.57. The van der Waals surface area contributed by atoms with Crippen LogP contribution in [0.5, 0.6) is 0 Å². The zero-order valence-corrected chi connectivity index (χ0v) is 11.1. The van der Waals surface area contributed by atoms with Crippen molar-refractivity contribution in [2.24, 2.45) is 0 Å². The predicted molar refractivity (Wildman–Crippen MR) is 77.7 cm³/mol. The highest BCUT2D eigenvalue weighted by Gasteiger charge is 2.17. The molecule has 0 saturated carbocycles. The first-order valence-corrected chi connectivity index (χ1v) is 6.52. The van der Waals surface area contributed by atoms with E-state index in [4.69, 9.17) is 4.74 Å². The summed E-state index contributed by atoms with van der Waals surface area (Å²) < 4.78 is 29.2. The van der Waals surface area contributed by atoms with Crippen LogP contribution in [0.3, 0.4) is 0 Å². The van der Waals surface area contributed by atoms with Crippen molar-refractivity contribution in [1.29, 1.82) is 0 Å². The minimum Gasteiger partial charge on any atom is -0.456 e. The molecule has 0 bridgehead atoms. The molecule has 3 rings (SSSR count). The number of carbonyl (C=O) groups is 1. The molecule has 3 aromatic carbocycles. The Labute approximate surface area is 119 Å². The number of hydrogen-bond donors (Lipinski definition) is 0. The number of ether oxygens (including phenoxy) is 1. The van der Waals surface area contributed by atoms with Crippen LogP contribution in [-0.2, 0) is 4.74 Å². The molecule has 0 amide bonds. The van der Waals surface area contributed by atoms with Crippen molar-refractivity contribution >= 4 is 27.5 Å². The monoisotopic (exact) mass is 286 g/mol. The first-order chi connectivity index (χ1) is 10.2. The molecule has 3 aromatic rings. The highest BCUT2D eigenvalue weighted by Crippen LogP contribution is 2.29. The fourth-order valence-electron chi connectivity index (χ4n) is 2.44. The fourth-order valence-corrected chi connectivity index (χ4v) is 2.44. The zero-order valence-electron chi connectivity index (χ0n) is 11.1. The van der Waals surface area contributed by atoms with Crippen LogP contribution in [0.15, 0.2) is 54.6 Å². The van der Waals surface area contributed by atoms with E-state index in [0.29, 0.717) is 16.3 Å². The highest BCUT2D eigenvalue weighted by atomic mass is 19.3. The molecule has 0 aliphatic rings. The van der Waals surface area contributed by atoms with Crippen molar-refractivity contribution in [3.63, 3.8) is 0 Å². The smallest absolute Gasteiger partial charge is 0.339 e. The molecule has 0 unspecified atom stereocenters. The summed E-state index contributed by atoms with van der Waals surface area (Å²) in [6.45, 7) is -0.892. The van der Waals surface area contributed by atoms with Gasteiger partial charge in [-0.1, -0.05) is 48.5 Å². The minimum atomic E-state index is -2.67. The van der Waals surface area contributed by atoms with Crippen molar-refractivity contribution in [3.05, 3.63) is 60.2 Å². The van der Waals surface area contributed by atoms with Crippen molar-refractivity contribution in [1.82, 2.24) is 0 Å². The topological polar surface area (TPSA) is 26.3 Å². The van der Waals surface area contributed by atoms with Crippen LogP contribution >= 0.6 is 0 Å². The number of rotatable bonds is 3. The van der Waals surface area contributed by atoms with Gasteiger partial charge >= 0.3 is 5.97 Å². The molecule has 0 radical (unpaired) electrons. The van der Waals surface area contributed by atoms with Crippen molar-refractivity contribution in [2.45, 2.75) is 6.43 Å². The second-order valence-corrected chi connectivity index (χ2v) is 4.68. The Hall–Kier alpha value is -2.49. The molecule has 0 fully saturated rings. The second-order valence-electron chi connectivity index (χ2n) is 4.68. The van der Waals surface area contributed by atoms with Gasteiger partial charge in [0.2, 0.25) is 0 Å². The zero-order chi connectivity index (χ0) is 14.8. The number of alkyl halides is 2. The number of carbonyl (C=O) groups excluding carboxylic acids is 1. The van der Waals surface area contributed by atoms with E-state index in [1.54, 1.807) is 24.3 Å². The number of benzene rings is 3.